The molecule has 3 aromatic rings. The molecule has 2 amide bonds. The van der Waals surface area contributed by atoms with Crippen LogP contribution in [0.2, 0.25) is 0 Å². The molecule has 0 bridgehead atoms. The molecule has 1 N–H and O–H groups in total. The number of nitrogens with zero attached hydrogens (tertiary/aromatic N) is 2. The maximum atomic E-state index is 12.9. The van der Waals surface area contributed by atoms with E-state index in [0.717, 1.165) is 61.0 Å². The van der Waals surface area contributed by atoms with Crippen molar-refractivity contribution in [2.24, 2.45) is 0 Å². The fraction of sp³-hybridized carbons (Fsp3) is 0.286. The third-order valence-corrected chi connectivity index (χ3v) is 7.59. The molecule has 0 spiro atoms. The van der Waals surface area contributed by atoms with Gasteiger partial charge in [-0.25, -0.2) is 0 Å². The highest BCUT2D eigenvalue weighted by Gasteiger charge is 2.20. The smallest absolute Gasteiger partial charge is 0.255 e. The predicted molar refractivity (Wildman–Crippen MR) is 140 cm³/mol. The molecule has 2 aliphatic rings. The zero-order chi connectivity index (χ0) is 23.5. The van der Waals surface area contributed by atoms with Crippen LogP contribution in [0.5, 0.6) is 0 Å². The van der Waals surface area contributed by atoms with Crippen molar-refractivity contribution >= 4 is 35.0 Å². The fourth-order valence-electron chi connectivity index (χ4n) is 4.62. The van der Waals surface area contributed by atoms with Gasteiger partial charge in [0, 0.05) is 60.2 Å². The molecule has 2 aliphatic heterocycles. The number of aryl methyl sites for hydroxylation is 1. The Hall–Kier alpha value is -3.25. The molecule has 5 rings (SSSR count). The van der Waals surface area contributed by atoms with Crippen molar-refractivity contribution in [2.75, 3.05) is 41.4 Å². The van der Waals surface area contributed by atoms with Crippen LogP contribution in [-0.4, -0.2) is 47.9 Å². The van der Waals surface area contributed by atoms with Crippen LogP contribution in [0.3, 0.4) is 0 Å². The molecule has 0 aromatic heterocycles. The number of carbonyl (C=O) groups is 2. The van der Waals surface area contributed by atoms with E-state index in [1.807, 2.05) is 66.1 Å². The van der Waals surface area contributed by atoms with Gasteiger partial charge in [0.1, 0.15) is 0 Å². The van der Waals surface area contributed by atoms with Crippen LogP contribution in [0.25, 0.3) is 0 Å². The standard InChI is InChI=1S/C28H29N3O2S/c1-20-18-23(28(33)30-14-16-34-17-15-30)8-11-26(20)29-27(32)22-6-9-25(10-7-22)31-13-12-21-4-2-3-5-24(21)19-31/h2-11,18H,12-17,19H2,1H3,(H,29,32). The summed E-state index contributed by atoms with van der Waals surface area (Å²) >= 11 is 1.88. The number of hydrogen-bond acceptors (Lipinski definition) is 4. The summed E-state index contributed by atoms with van der Waals surface area (Å²) in [5.74, 6) is 1.90. The van der Waals surface area contributed by atoms with Gasteiger partial charge in [0.2, 0.25) is 0 Å². The monoisotopic (exact) mass is 471 g/mol. The van der Waals surface area contributed by atoms with Gasteiger partial charge >= 0.3 is 0 Å². The average molecular weight is 472 g/mol. The normalized spacial score (nSPS) is 15.6. The first-order valence-corrected chi connectivity index (χ1v) is 12.9. The lowest BCUT2D eigenvalue weighted by Crippen LogP contribution is -2.37. The third kappa shape index (κ3) is 4.82. The first-order valence-electron chi connectivity index (χ1n) is 11.8. The van der Waals surface area contributed by atoms with Crippen LogP contribution in [0.1, 0.15) is 37.4 Å². The average Bonchev–Trinajstić information content (AvgIpc) is 2.89. The van der Waals surface area contributed by atoms with Gasteiger partial charge in [0.15, 0.2) is 0 Å². The molecule has 34 heavy (non-hydrogen) atoms. The van der Waals surface area contributed by atoms with Crippen molar-refractivity contribution in [1.82, 2.24) is 4.90 Å². The van der Waals surface area contributed by atoms with E-state index in [1.54, 1.807) is 0 Å². The Morgan fingerprint density at radius 3 is 2.29 bits per heavy atom. The number of amides is 2. The number of benzene rings is 3. The first-order chi connectivity index (χ1) is 16.6. The summed E-state index contributed by atoms with van der Waals surface area (Å²) < 4.78 is 0. The lowest BCUT2D eigenvalue weighted by molar-refractivity contribution is 0.0772. The molecule has 2 heterocycles. The van der Waals surface area contributed by atoms with Crippen molar-refractivity contribution < 1.29 is 9.59 Å². The minimum absolute atomic E-state index is 0.0669. The van der Waals surface area contributed by atoms with Crippen molar-refractivity contribution in [3.63, 3.8) is 0 Å². The summed E-state index contributed by atoms with van der Waals surface area (Å²) in [6, 6.07) is 21.9. The molecule has 0 unspecified atom stereocenters. The second-order valence-electron chi connectivity index (χ2n) is 8.88. The molecule has 3 aromatic carbocycles. The van der Waals surface area contributed by atoms with Gasteiger partial charge in [-0.15, -0.1) is 0 Å². The minimum Gasteiger partial charge on any atom is -0.367 e. The molecule has 0 atom stereocenters. The van der Waals surface area contributed by atoms with Crippen LogP contribution in [0, 0.1) is 6.92 Å². The molecular weight excluding hydrogens is 442 g/mol. The summed E-state index contributed by atoms with van der Waals surface area (Å²) in [6.45, 7) is 5.38. The second-order valence-corrected chi connectivity index (χ2v) is 10.1. The molecular formula is C28H29N3O2S. The molecule has 0 radical (unpaired) electrons. The van der Waals surface area contributed by atoms with E-state index in [1.165, 1.54) is 11.1 Å². The zero-order valence-corrected chi connectivity index (χ0v) is 20.2. The summed E-state index contributed by atoms with van der Waals surface area (Å²) in [5, 5.41) is 3.00. The van der Waals surface area contributed by atoms with Crippen LogP contribution in [0.4, 0.5) is 11.4 Å². The Kier molecular flexibility index (Phi) is 6.59. The predicted octanol–water partition coefficient (Wildman–Crippen LogP) is 5.00. The Morgan fingerprint density at radius 1 is 0.853 bits per heavy atom. The van der Waals surface area contributed by atoms with Crippen molar-refractivity contribution in [1.29, 1.82) is 0 Å². The number of anilines is 2. The van der Waals surface area contributed by atoms with E-state index in [4.69, 9.17) is 0 Å². The Labute approximate surface area is 205 Å². The third-order valence-electron chi connectivity index (χ3n) is 6.65. The first kappa shape index (κ1) is 22.5. The van der Waals surface area contributed by atoms with E-state index in [9.17, 15) is 9.59 Å². The van der Waals surface area contributed by atoms with E-state index >= 15 is 0 Å². The van der Waals surface area contributed by atoms with E-state index in [-0.39, 0.29) is 11.8 Å². The second kappa shape index (κ2) is 9.94. The van der Waals surface area contributed by atoms with Gasteiger partial charge in [-0.2, -0.15) is 11.8 Å². The van der Waals surface area contributed by atoms with E-state index in [0.29, 0.717) is 11.1 Å². The Bertz CT molecular complexity index is 1200. The van der Waals surface area contributed by atoms with Crippen LogP contribution >= 0.6 is 11.8 Å². The number of nitrogens with one attached hydrogen (secondary N) is 1. The number of hydrogen-bond donors (Lipinski definition) is 1. The fourth-order valence-corrected chi connectivity index (χ4v) is 5.52. The number of rotatable bonds is 4. The van der Waals surface area contributed by atoms with Crippen LogP contribution < -0.4 is 10.2 Å². The Balaban J connectivity index is 1.23. The summed E-state index contributed by atoms with van der Waals surface area (Å²) in [6.07, 6.45) is 1.03. The molecule has 174 valence electrons. The van der Waals surface area contributed by atoms with Gasteiger partial charge in [0.05, 0.1) is 0 Å². The van der Waals surface area contributed by atoms with E-state index in [2.05, 4.69) is 34.5 Å². The van der Waals surface area contributed by atoms with Gasteiger partial charge in [-0.05, 0) is 72.5 Å². The number of thioether (sulfide) groups is 1. The molecule has 5 nitrogen and oxygen atoms in total. The number of fused-ring (bicyclic) bond motifs is 1. The summed E-state index contributed by atoms with van der Waals surface area (Å²) in [7, 11) is 0. The van der Waals surface area contributed by atoms with Gasteiger partial charge in [-0.3, -0.25) is 9.59 Å². The van der Waals surface area contributed by atoms with Gasteiger partial charge in [-0.1, -0.05) is 24.3 Å². The molecule has 0 aliphatic carbocycles. The highest BCUT2D eigenvalue weighted by atomic mass is 32.2. The lowest BCUT2D eigenvalue weighted by atomic mass is 9.99. The minimum atomic E-state index is -0.147. The highest BCUT2D eigenvalue weighted by molar-refractivity contribution is 7.99. The molecule has 1 fully saturated rings. The lowest BCUT2D eigenvalue weighted by Gasteiger charge is -2.30. The number of carbonyl (C=O) groups excluding carboxylic acids is 2. The van der Waals surface area contributed by atoms with Crippen molar-refractivity contribution in [2.45, 2.75) is 19.9 Å². The Morgan fingerprint density at radius 2 is 1.56 bits per heavy atom. The van der Waals surface area contributed by atoms with Crippen LogP contribution in [-0.2, 0) is 13.0 Å². The summed E-state index contributed by atoms with van der Waals surface area (Å²) in [5.41, 5.74) is 6.82. The molecule has 1 saturated heterocycles. The van der Waals surface area contributed by atoms with E-state index < -0.39 is 0 Å². The maximum Gasteiger partial charge on any atom is 0.255 e. The van der Waals surface area contributed by atoms with Crippen molar-refractivity contribution in [3.8, 4) is 0 Å². The van der Waals surface area contributed by atoms with Crippen LogP contribution in [0.15, 0.2) is 66.7 Å². The van der Waals surface area contributed by atoms with Crippen molar-refractivity contribution in [3.05, 3.63) is 94.5 Å². The summed E-state index contributed by atoms with van der Waals surface area (Å²) in [4.78, 5) is 29.9. The largest absolute Gasteiger partial charge is 0.367 e. The maximum absolute atomic E-state index is 12.9. The highest BCUT2D eigenvalue weighted by Crippen LogP contribution is 2.25. The van der Waals surface area contributed by atoms with Gasteiger partial charge in [0.25, 0.3) is 11.8 Å². The SMILES string of the molecule is Cc1cc(C(=O)N2CCSCC2)ccc1NC(=O)c1ccc(N2CCc3ccccc3C2)cc1. The quantitative estimate of drug-likeness (QED) is 0.582. The van der Waals surface area contributed by atoms with Gasteiger partial charge < -0.3 is 15.1 Å². The molecule has 0 saturated carbocycles. The topological polar surface area (TPSA) is 52.7 Å². The molecule has 6 heteroatoms. The zero-order valence-electron chi connectivity index (χ0n) is 19.4.